The van der Waals surface area contributed by atoms with Gasteiger partial charge in [0.2, 0.25) is 5.91 Å². The Morgan fingerprint density at radius 1 is 1.04 bits per heavy atom. The van der Waals surface area contributed by atoms with Crippen LogP contribution in [0.3, 0.4) is 0 Å². The van der Waals surface area contributed by atoms with Crippen LogP contribution in [0.5, 0.6) is 0 Å². The summed E-state index contributed by atoms with van der Waals surface area (Å²) in [6.07, 6.45) is 5.68. The third-order valence-electron chi connectivity index (χ3n) is 6.43. The molecule has 1 aromatic rings. The van der Waals surface area contributed by atoms with Crippen molar-refractivity contribution in [2.75, 3.05) is 52.5 Å². The lowest BCUT2D eigenvalue weighted by atomic mass is 9.92. The molecule has 0 aliphatic carbocycles. The van der Waals surface area contributed by atoms with Crippen LogP contribution in [0.1, 0.15) is 36.2 Å². The predicted octanol–water partition coefficient (Wildman–Crippen LogP) is 0.596. The molecule has 3 aliphatic rings. The first-order chi connectivity index (χ1) is 13.6. The van der Waals surface area contributed by atoms with Crippen LogP contribution in [-0.2, 0) is 16.6 Å². The number of hydrogen-bond donors (Lipinski definition) is 0. The van der Waals surface area contributed by atoms with E-state index in [1.807, 2.05) is 9.80 Å². The maximum Gasteiger partial charge on any atom is 0.272 e. The van der Waals surface area contributed by atoms with Crippen molar-refractivity contribution >= 4 is 11.8 Å². The van der Waals surface area contributed by atoms with Crippen LogP contribution in [0, 0.1) is 5.92 Å². The van der Waals surface area contributed by atoms with Gasteiger partial charge in [0.1, 0.15) is 5.69 Å². The van der Waals surface area contributed by atoms with E-state index < -0.39 is 0 Å². The number of carbonyl (C=O) groups excluding carboxylic acids is 2. The first kappa shape index (κ1) is 19.4. The maximum atomic E-state index is 12.9. The van der Waals surface area contributed by atoms with E-state index in [1.165, 1.54) is 0 Å². The van der Waals surface area contributed by atoms with Crippen molar-refractivity contribution in [1.82, 2.24) is 24.5 Å². The van der Waals surface area contributed by atoms with Crippen LogP contribution >= 0.6 is 0 Å². The van der Waals surface area contributed by atoms with Gasteiger partial charge < -0.3 is 14.5 Å². The monoisotopic (exact) mass is 389 g/mol. The Bertz CT molecular complexity index is 692. The lowest BCUT2D eigenvalue weighted by Crippen LogP contribution is -2.53. The number of likely N-dealkylation sites (tertiary alicyclic amines) is 2. The lowest BCUT2D eigenvalue weighted by molar-refractivity contribution is -0.141. The molecule has 4 heterocycles. The molecule has 0 bridgehead atoms. The molecule has 4 rings (SSSR count). The Kier molecular flexibility index (Phi) is 5.96. The van der Waals surface area contributed by atoms with Gasteiger partial charge in [0, 0.05) is 52.0 Å². The minimum atomic E-state index is 0.0671. The second-order valence-electron chi connectivity index (χ2n) is 8.14. The first-order valence-corrected chi connectivity index (χ1v) is 10.5. The van der Waals surface area contributed by atoms with E-state index >= 15 is 0 Å². The summed E-state index contributed by atoms with van der Waals surface area (Å²) in [6.45, 7) is 6.23. The molecule has 8 heteroatoms. The summed E-state index contributed by atoms with van der Waals surface area (Å²) in [7, 11) is 1.80. The van der Waals surface area contributed by atoms with Crippen molar-refractivity contribution in [3.63, 3.8) is 0 Å². The van der Waals surface area contributed by atoms with Gasteiger partial charge in [-0.15, -0.1) is 0 Å². The molecule has 154 valence electrons. The normalized spacial score (nSPS) is 25.1. The Morgan fingerprint density at radius 2 is 1.79 bits per heavy atom. The Balaban J connectivity index is 1.30. The third kappa shape index (κ3) is 4.07. The van der Waals surface area contributed by atoms with Crippen molar-refractivity contribution in [2.45, 2.75) is 31.7 Å². The van der Waals surface area contributed by atoms with Crippen molar-refractivity contribution in [3.05, 3.63) is 18.0 Å². The minimum absolute atomic E-state index is 0.0671. The number of nitrogens with zero attached hydrogens (tertiary/aromatic N) is 5. The highest BCUT2D eigenvalue weighted by molar-refractivity contribution is 5.92. The molecule has 0 radical (unpaired) electrons. The quantitative estimate of drug-likeness (QED) is 0.757. The number of rotatable bonds is 3. The molecule has 1 atom stereocenters. The Labute approximate surface area is 166 Å². The molecule has 0 N–H and O–H groups in total. The Hall–Kier alpha value is -1.93. The molecular weight excluding hydrogens is 358 g/mol. The van der Waals surface area contributed by atoms with Crippen molar-refractivity contribution < 1.29 is 14.3 Å². The fourth-order valence-corrected chi connectivity index (χ4v) is 4.76. The highest BCUT2D eigenvalue weighted by Gasteiger charge is 2.34. The van der Waals surface area contributed by atoms with Gasteiger partial charge in [0.05, 0.1) is 19.1 Å². The van der Waals surface area contributed by atoms with E-state index in [1.54, 1.807) is 24.0 Å². The van der Waals surface area contributed by atoms with Gasteiger partial charge in [-0.2, -0.15) is 5.10 Å². The number of hydrogen-bond acceptors (Lipinski definition) is 5. The number of ether oxygens (including phenoxy) is 1. The van der Waals surface area contributed by atoms with Crippen LogP contribution in [0.25, 0.3) is 0 Å². The second kappa shape index (κ2) is 8.61. The lowest BCUT2D eigenvalue weighted by Gasteiger charge is -2.43. The molecule has 28 heavy (non-hydrogen) atoms. The summed E-state index contributed by atoms with van der Waals surface area (Å²) in [5.74, 6) is 0.482. The molecule has 0 saturated carbocycles. The maximum absolute atomic E-state index is 12.9. The molecule has 1 aromatic heterocycles. The standard InChI is InChI=1S/C20H31N5O3/c1-22-18(4-7-21-22)20(27)23-9-5-17(6-10-23)25-8-2-3-16(15-25)19(26)24-11-13-28-14-12-24/h4,7,16-17H,2-3,5-6,8-15H2,1H3. The van der Waals surface area contributed by atoms with Crippen LogP contribution < -0.4 is 0 Å². The number of carbonyl (C=O) groups is 2. The van der Waals surface area contributed by atoms with Gasteiger partial charge >= 0.3 is 0 Å². The van der Waals surface area contributed by atoms with E-state index in [0.717, 1.165) is 65.0 Å². The molecule has 8 nitrogen and oxygen atoms in total. The second-order valence-corrected chi connectivity index (χ2v) is 8.14. The van der Waals surface area contributed by atoms with Crippen molar-refractivity contribution in [2.24, 2.45) is 13.0 Å². The highest BCUT2D eigenvalue weighted by atomic mass is 16.5. The third-order valence-corrected chi connectivity index (χ3v) is 6.43. The number of piperidine rings is 2. The van der Waals surface area contributed by atoms with Gasteiger partial charge in [0.15, 0.2) is 0 Å². The minimum Gasteiger partial charge on any atom is -0.378 e. The molecule has 2 amide bonds. The fraction of sp³-hybridized carbons (Fsp3) is 0.750. The summed E-state index contributed by atoms with van der Waals surface area (Å²) in [5, 5.41) is 4.10. The van der Waals surface area contributed by atoms with Crippen LogP contribution in [0.4, 0.5) is 0 Å². The van der Waals surface area contributed by atoms with Gasteiger partial charge in [-0.3, -0.25) is 19.2 Å². The van der Waals surface area contributed by atoms with E-state index in [2.05, 4.69) is 10.00 Å². The van der Waals surface area contributed by atoms with Crippen LogP contribution in [-0.4, -0.2) is 94.8 Å². The zero-order valence-electron chi connectivity index (χ0n) is 16.8. The summed E-state index contributed by atoms with van der Waals surface area (Å²) in [5.41, 5.74) is 0.646. The number of aryl methyl sites for hydroxylation is 1. The van der Waals surface area contributed by atoms with Crippen molar-refractivity contribution in [3.8, 4) is 0 Å². The summed E-state index contributed by atoms with van der Waals surface area (Å²) in [4.78, 5) is 32.0. The van der Waals surface area contributed by atoms with Crippen LogP contribution in [0.15, 0.2) is 12.3 Å². The topological polar surface area (TPSA) is 70.9 Å². The molecule has 3 saturated heterocycles. The number of morpholine rings is 1. The van der Waals surface area contributed by atoms with Gasteiger partial charge in [-0.05, 0) is 38.3 Å². The van der Waals surface area contributed by atoms with E-state index in [4.69, 9.17) is 4.74 Å². The average Bonchev–Trinajstić information content (AvgIpc) is 3.19. The summed E-state index contributed by atoms with van der Waals surface area (Å²) < 4.78 is 7.01. The largest absolute Gasteiger partial charge is 0.378 e. The van der Waals surface area contributed by atoms with E-state index in [-0.39, 0.29) is 11.8 Å². The Morgan fingerprint density at radius 3 is 2.46 bits per heavy atom. The van der Waals surface area contributed by atoms with Gasteiger partial charge in [-0.25, -0.2) is 0 Å². The molecule has 3 fully saturated rings. The molecular formula is C20H31N5O3. The molecule has 0 spiro atoms. The number of aromatic nitrogens is 2. The highest BCUT2D eigenvalue weighted by Crippen LogP contribution is 2.26. The smallest absolute Gasteiger partial charge is 0.272 e. The van der Waals surface area contributed by atoms with Gasteiger partial charge in [0.25, 0.3) is 5.91 Å². The molecule has 3 aliphatic heterocycles. The molecule has 1 unspecified atom stereocenters. The SMILES string of the molecule is Cn1nccc1C(=O)N1CCC(N2CCCC(C(=O)N3CCOCC3)C2)CC1. The van der Waals surface area contributed by atoms with E-state index in [9.17, 15) is 9.59 Å². The zero-order chi connectivity index (χ0) is 19.5. The first-order valence-electron chi connectivity index (χ1n) is 10.5. The fourth-order valence-electron chi connectivity index (χ4n) is 4.76. The molecule has 0 aromatic carbocycles. The van der Waals surface area contributed by atoms with Crippen molar-refractivity contribution in [1.29, 1.82) is 0 Å². The average molecular weight is 390 g/mol. The number of amides is 2. The van der Waals surface area contributed by atoms with Gasteiger partial charge in [-0.1, -0.05) is 0 Å². The van der Waals surface area contributed by atoms with E-state index in [0.29, 0.717) is 30.9 Å². The van der Waals surface area contributed by atoms with Crippen LogP contribution in [0.2, 0.25) is 0 Å². The zero-order valence-corrected chi connectivity index (χ0v) is 16.8. The summed E-state index contributed by atoms with van der Waals surface area (Å²) >= 11 is 0. The summed E-state index contributed by atoms with van der Waals surface area (Å²) in [6, 6.07) is 2.25. The predicted molar refractivity (Wildman–Crippen MR) is 104 cm³/mol.